The lowest BCUT2D eigenvalue weighted by Crippen LogP contribution is -2.29. The van der Waals surface area contributed by atoms with Crippen LogP contribution in [0.5, 0.6) is 0 Å². The minimum Gasteiger partial charge on any atom is -0.376 e. The predicted octanol–water partition coefficient (Wildman–Crippen LogP) is 3.38. The second-order valence-corrected chi connectivity index (χ2v) is 5.00. The topological polar surface area (TPSA) is 41.1 Å². The van der Waals surface area contributed by atoms with E-state index < -0.39 is 0 Å². The third-order valence-corrected chi connectivity index (χ3v) is 3.29. The van der Waals surface area contributed by atoms with Gasteiger partial charge in [0.2, 0.25) is 5.91 Å². The Morgan fingerprint density at radius 2 is 1.80 bits per heavy atom. The summed E-state index contributed by atoms with van der Waals surface area (Å²) < 4.78 is 0. The first-order chi connectivity index (χ1) is 9.65. The summed E-state index contributed by atoms with van der Waals surface area (Å²) in [5, 5.41) is 6.63. The Bertz CT molecular complexity index is 581. The van der Waals surface area contributed by atoms with E-state index in [0.717, 1.165) is 11.3 Å². The van der Waals surface area contributed by atoms with Crippen molar-refractivity contribution in [3.8, 4) is 0 Å². The van der Waals surface area contributed by atoms with E-state index in [1.54, 1.807) is 12.1 Å². The zero-order valence-electron chi connectivity index (χ0n) is 11.3. The first kappa shape index (κ1) is 14.4. The third kappa shape index (κ3) is 4.28. The Kier molecular flexibility index (Phi) is 5.02. The number of halogens is 1. The summed E-state index contributed by atoms with van der Waals surface area (Å²) >= 11 is 5.80. The van der Waals surface area contributed by atoms with Gasteiger partial charge in [-0.3, -0.25) is 4.79 Å². The van der Waals surface area contributed by atoms with Crippen molar-refractivity contribution >= 4 is 23.2 Å². The van der Waals surface area contributed by atoms with Gasteiger partial charge in [-0.05, 0) is 42.3 Å². The van der Waals surface area contributed by atoms with Crippen molar-refractivity contribution in [1.82, 2.24) is 5.32 Å². The average Bonchev–Trinajstić information content (AvgIpc) is 2.46. The number of aryl methyl sites for hydroxylation is 1. The lowest BCUT2D eigenvalue weighted by atomic mass is 10.1. The van der Waals surface area contributed by atoms with Gasteiger partial charge in [0.25, 0.3) is 0 Å². The molecular weight excluding hydrogens is 272 g/mol. The van der Waals surface area contributed by atoms with Crippen LogP contribution in [0.3, 0.4) is 0 Å². The summed E-state index contributed by atoms with van der Waals surface area (Å²) in [5.41, 5.74) is 3.19. The van der Waals surface area contributed by atoms with Crippen molar-refractivity contribution in [2.45, 2.75) is 13.5 Å². The monoisotopic (exact) mass is 288 g/mol. The van der Waals surface area contributed by atoms with Crippen molar-refractivity contribution in [2.24, 2.45) is 0 Å². The standard InChI is InChI=1S/C16H17ClN2O/c1-12-4-2-3-5-13(12)10-19-16(20)11-18-15-8-6-14(17)7-9-15/h2-9,18H,10-11H2,1H3,(H,19,20). The predicted molar refractivity (Wildman–Crippen MR) is 83.0 cm³/mol. The van der Waals surface area contributed by atoms with E-state index >= 15 is 0 Å². The van der Waals surface area contributed by atoms with Crippen LogP contribution in [0, 0.1) is 6.92 Å². The summed E-state index contributed by atoms with van der Waals surface area (Å²) in [5.74, 6) is -0.0387. The number of hydrogen-bond acceptors (Lipinski definition) is 2. The van der Waals surface area contributed by atoms with Crippen LogP contribution in [0.2, 0.25) is 5.02 Å². The maximum absolute atomic E-state index is 11.8. The van der Waals surface area contributed by atoms with Gasteiger partial charge in [0, 0.05) is 17.3 Å². The fourth-order valence-electron chi connectivity index (χ4n) is 1.81. The van der Waals surface area contributed by atoms with Gasteiger partial charge in [0.1, 0.15) is 0 Å². The highest BCUT2D eigenvalue weighted by atomic mass is 35.5. The van der Waals surface area contributed by atoms with Crippen LogP contribution in [0.1, 0.15) is 11.1 Å². The molecule has 0 aliphatic rings. The average molecular weight is 289 g/mol. The molecule has 2 N–H and O–H groups in total. The lowest BCUT2D eigenvalue weighted by molar-refractivity contribution is -0.119. The molecule has 0 aliphatic carbocycles. The number of amides is 1. The number of carbonyl (C=O) groups excluding carboxylic acids is 1. The number of benzene rings is 2. The minimum absolute atomic E-state index is 0.0387. The Balaban J connectivity index is 1.78. The molecule has 0 spiro atoms. The summed E-state index contributed by atoms with van der Waals surface area (Å²) in [6, 6.07) is 15.3. The highest BCUT2D eigenvalue weighted by Gasteiger charge is 2.02. The number of rotatable bonds is 5. The van der Waals surface area contributed by atoms with Gasteiger partial charge in [-0.15, -0.1) is 0 Å². The molecule has 0 radical (unpaired) electrons. The molecule has 0 saturated heterocycles. The third-order valence-electron chi connectivity index (χ3n) is 3.03. The fourth-order valence-corrected chi connectivity index (χ4v) is 1.94. The minimum atomic E-state index is -0.0387. The maximum Gasteiger partial charge on any atom is 0.239 e. The summed E-state index contributed by atoms with van der Waals surface area (Å²) in [7, 11) is 0. The SMILES string of the molecule is Cc1ccccc1CNC(=O)CNc1ccc(Cl)cc1. The van der Waals surface area contributed by atoms with E-state index in [9.17, 15) is 4.79 Å². The highest BCUT2D eigenvalue weighted by Crippen LogP contribution is 2.12. The molecule has 0 aromatic heterocycles. The lowest BCUT2D eigenvalue weighted by Gasteiger charge is -2.09. The van der Waals surface area contributed by atoms with Gasteiger partial charge >= 0.3 is 0 Å². The molecule has 20 heavy (non-hydrogen) atoms. The molecule has 0 aliphatic heterocycles. The van der Waals surface area contributed by atoms with Crippen molar-refractivity contribution in [3.63, 3.8) is 0 Å². The van der Waals surface area contributed by atoms with Crippen LogP contribution in [0.4, 0.5) is 5.69 Å². The normalized spacial score (nSPS) is 10.1. The molecule has 3 nitrogen and oxygen atoms in total. The van der Waals surface area contributed by atoms with Gasteiger partial charge < -0.3 is 10.6 Å². The highest BCUT2D eigenvalue weighted by molar-refractivity contribution is 6.30. The van der Waals surface area contributed by atoms with Gasteiger partial charge in [-0.25, -0.2) is 0 Å². The van der Waals surface area contributed by atoms with Crippen LogP contribution in [0.15, 0.2) is 48.5 Å². The van der Waals surface area contributed by atoms with Crippen LogP contribution in [-0.2, 0) is 11.3 Å². The van der Waals surface area contributed by atoms with Gasteiger partial charge in [0.05, 0.1) is 6.54 Å². The van der Waals surface area contributed by atoms with Gasteiger partial charge in [-0.1, -0.05) is 35.9 Å². The molecule has 4 heteroatoms. The van der Waals surface area contributed by atoms with E-state index in [1.165, 1.54) is 5.56 Å². The second-order valence-electron chi connectivity index (χ2n) is 4.56. The Hall–Kier alpha value is -2.00. The summed E-state index contributed by atoms with van der Waals surface area (Å²) in [6.07, 6.45) is 0. The van der Waals surface area contributed by atoms with Crippen LogP contribution in [0.25, 0.3) is 0 Å². The van der Waals surface area contributed by atoms with Crippen molar-refractivity contribution in [2.75, 3.05) is 11.9 Å². The molecule has 0 saturated carbocycles. The summed E-state index contributed by atoms with van der Waals surface area (Å²) in [4.78, 5) is 11.8. The molecule has 0 bridgehead atoms. The van der Waals surface area contributed by atoms with E-state index in [0.29, 0.717) is 11.6 Å². The van der Waals surface area contributed by atoms with E-state index in [-0.39, 0.29) is 12.5 Å². The van der Waals surface area contributed by atoms with E-state index in [2.05, 4.69) is 10.6 Å². The van der Waals surface area contributed by atoms with Crippen LogP contribution >= 0.6 is 11.6 Å². The van der Waals surface area contributed by atoms with Crippen LogP contribution in [-0.4, -0.2) is 12.5 Å². The Labute approximate surface area is 124 Å². The molecule has 104 valence electrons. The zero-order valence-corrected chi connectivity index (χ0v) is 12.1. The number of anilines is 1. The number of carbonyl (C=O) groups is 1. The number of hydrogen-bond donors (Lipinski definition) is 2. The first-order valence-corrected chi connectivity index (χ1v) is 6.83. The van der Waals surface area contributed by atoms with E-state index in [1.807, 2.05) is 43.3 Å². The molecule has 2 aromatic carbocycles. The quantitative estimate of drug-likeness (QED) is 0.885. The smallest absolute Gasteiger partial charge is 0.239 e. The second kappa shape index (κ2) is 6.96. The van der Waals surface area contributed by atoms with Crippen molar-refractivity contribution in [1.29, 1.82) is 0 Å². The molecule has 0 atom stereocenters. The van der Waals surface area contributed by atoms with Crippen molar-refractivity contribution < 1.29 is 4.79 Å². The molecule has 0 heterocycles. The van der Waals surface area contributed by atoms with Crippen LogP contribution < -0.4 is 10.6 Å². The van der Waals surface area contributed by atoms with Gasteiger partial charge in [0.15, 0.2) is 0 Å². The van der Waals surface area contributed by atoms with E-state index in [4.69, 9.17) is 11.6 Å². The Morgan fingerprint density at radius 1 is 1.10 bits per heavy atom. The van der Waals surface area contributed by atoms with Crippen molar-refractivity contribution in [3.05, 3.63) is 64.7 Å². The molecule has 2 aromatic rings. The number of nitrogens with one attached hydrogen (secondary N) is 2. The fraction of sp³-hybridized carbons (Fsp3) is 0.188. The Morgan fingerprint density at radius 3 is 2.50 bits per heavy atom. The van der Waals surface area contributed by atoms with Gasteiger partial charge in [-0.2, -0.15) is 0 Å². The molecular formula is C16H17ClN2O. The largest absolute Gasteiger partial charge is 0.376 e. The molecule has 2 rings (SSSR count). The molecule has 1 amide bonds. The summed E-state index contributed by atoms with van der Waals surface area (Å²) in [6.45, 7) is 2.83. The zero-order chi connectivity index (χ0) is 14.4. The molecule has 0 unspecified atom stereocenters. The molecule has 0 fully saturated rings. The first-order valence-electron chi connectivity index (χ1n) is 6.46. The maximum atomic E-state index is 11.8.